The van der Waals surface area contributed by atoms with Gasteiger partial charge in [-0.1, -0.05) is 6.08 Å². The van der Waals surface area contributed by atoms with Crippen LogP contribution in [0.4, 0.5) is 5.95 Å². The summed E-state index contributed by atoms with van der Waals surface area (Å²) in [6.45, 7) is 8.51. The Morgan fingerprint density at radius 3 is 2.75 bits per heavy atom. The molecule has 2 rings (SSSR count). The number of methoxy groups -OCH3 is 1. The van der Waals surface area contributed by atoms with E-state index >= 15 is 0 Å². The van der Waals surface area contributed by atoms with Crippen LogP contribution in [0.3, 0.4) is 0 Å². The fourth-order valence-corrected chi connectivity index (χ4v) is 2.24. The van der Waals surface area contributed by atoms with Gasteiger partial charge in [-0.2, -0.15) is 0 Å². The van der Waals surface area contributed by atoms with Crippen LogP contribution in [0.1, 0.15) is 16.8 Å². The molecule has 0 radical (unpaired) electrons. The van der Waals surface area contributed by atoms with Crippen molar-refractivity contribution in [2.24, 2.45) is 0 Å². The molecule has 1 aliphatic rings. The highest BCUT2D eigenvalue weighted by molar-refractivity contribution is 5.88. The third kappa shape index (κ3) is 3.54. The first-order valence-electron chi connectivity index (χ1n) is 6.73. The third-order valence-corrected chi connectivity index (χ3v) is 3.32. The van der Waals surface area contributed by atoms with Crippen molar-refractivity contribution < 1.29 is 9.53 Å². The van der Waals surface area contributed by atoms with Crippen molar-refractivity contribution in [1.29, 1.82) is 0 Å². The number of hydrogen-bond donors (Lipinski definition) is 0. The topological polar surface area (TPSA) is 58.6 Å². The average molecular weight is 276 g/mol. The Bertz CT molecular complexity index is 461. The molecule has 0 aliphatic carbocycles. The van der Waals surface area contributed by atoms with Crippen LogP contribution >= 0.6 is 0 Å². The van der Waals surface area contributed by atoms with Crippen LogP contribution in [-0.2, 0) is 4.74 Å². The van der Waals surface area contributed by atoms with Crippen LogP contribution in [0.25, 0.3) is 0 Å². The monoisotopic (exact) mass is 276 g/mol. The van der Waals surface area contributed by atoms with Crippen LogP contribution in [-0.4, -0.2) is 60.7 Å². The molecule has 1 aromatic heterocycles. The van der Waals surface area contributed by atoms with Crippen molar-refractivity contribution in [3.8, 4) is 0 Å². The van der Waals surface area contributed by atoms with Crippen molar-refractivity contribution >= 4 is 11.9 Å². The van der Waals surface area contributed by atoms with E-state index in [0.29, 0.717) is 11.5 Å². The molecule has 0 aromatic carbocycles. The number of carbonyl (C=O) groups is 1. The highest BCUT2D eigenvalue weighted by Gasteiger charge is 2.16. The summed E-state index contributed by atoms with van der Waals surface area (Å²) >= 11 is 0. The van der Waals surface area contributed by atoms with E-state index in [9.17, 15) is 4.79 Å². The summed E-state index contributed by atoms with van der Waals surface area (Å²) in [6.07, 6.45) is 6.02. The van der Waals surface area contributed by atoms with Crippen molar-refractivity contribution in [3.05, 3.63) is 30.6 Å². The molecular weight excluding hydrogens is 256 g/mol. The van der Waals surface area contributed by atoms with E-state index in [1.54, 1.807) is 0 Å². The van der Waals surface area contributed by atoms with Gasteiger partial charge >= 0.3 is 5.97 Å². The van der Waals surface area contributed by atoms with E-state index in [2.05, 4.69) is 31.1 Å². The molecule has 0 amide bonds. The minimum Gasteiger partial charge on any atom is -0.465 e. The lowest BCUT2D eigenvalue weighted by Gasteiger charge is -2.21. The van der Waals surface area contributed by atoms with Gasteiger partial charge in [-0.25, -0.2) is 14.8 Å². The quantitative estimate of drug-likeness (QED) is 0.603. The predicted octanol–water partition coefficient (Wildman–Crippen LogP) is 0.961. The summed E-state index contributed by atoms with van der Waals surface area (Å²) < 4.78 is 4.63. The molecule has 1 aromatic rings. The SMILES string of the molecule is C=CCN1CCCN(c2ncc(C(=O)OC)cn2)CC1. The number of hydrogen-bond acceptors (Lipinski definition) is 6. The first kappa shape index (κ1) is 14.5. The largest absolute Gasteiger partial charge is 0.465 e. The Kier molecular flexibility index (Phi) is 5.06. The summed E-state index contributed by atoms with van der Waals surface area (Å²) in [5, 5.41) is 0. The number of esters is 1. The number of aromatic nitrogens is 2. The van der Waals surface area contributed by atoms with Crippen molar-refractivity contribution in [3.63, 3.8) is 0 Å². The normalized spacial score (nSPS) is 16.6. The molecule has 108 valence electrons. The maximum Gasteiger partial charge on any atom is 0.341 e. The van der Waals surface area contributed by atoms with Crippen LogP contribution < -0.4 is 4.90 Å². The van der Waals surface area contributed by atoms with Gasteiger partial charge in [0.15, 0.2) is 0 Å². The zero-order valence-corrected chi connectivity index (χ0v) is 11.8. The second-order valence-corrected chi connectivity index (χ2v) is 4.69. The van der Waals surface area contributed by atoms with E-state index in [1.165, 1.54) is 19.5 Å². The average Bonchev–Trinajstić information content (AvgIpc) is 2.73. The minimum atomic E-state index is -0.412. The Morgan fingerprint density at radius 2 is 2.10 bits per heavy atom. The minimum absolute atomic E-state index is 0.374. The molecule has 0 atom stereocenters. The fraction of sp³-hybridized carbons (Fsp3) is 0.500. The van der Waals surface area contributed by atoms with E-state index in [-0.39, 0.29) is 0 Å². The highest BCUT2D eigenvalue weighted by Crippen LogP contribution is 2.11. The van der Waals surface area contributed by atoms with Crippen LogP contribution in [0.2, 0.25) is 0 Å². The standard InChI is InChI=1S/C14H20N4O2/c1-3-5-17-6-4-7-18(9-8-17)14-15-10-12(11-16-14)13(19)20-2/h3,10-11H,1,4-9H2,2H3. The maximum atomic E-state index is 11.3. The van der Waals surface area contributed by atoms with Crippen LogP contribution in [0.5, 0.6) is 0 Å². The lowest BCUT2D eigenvalue weighted by Crippen LogP contribution is -2.31. The zero-order valence-electron chi connectivity index (χ0n) is 11.8. The Morgan fingerprint density at radius 1 is 1.35 bits per heavy atom. The molecule has 6 heteroatoms. The van der Waals surface area contributed by atoms with Crippen LogP contribution in [0.15, 0.2) is 25.0 Å². The summed E-state index contributed by atoms with van der Waals surface area (Å²) in [6, 6.07) is 0. The summed E-state index contributed by atoms with van der Waals surface area (Å²) in [5.41, 5.74) is 0.374. The summed E-state index contributed by atoms with van der Waals surface area (Å²) in [4.78, 5) is 24.4. The molecule has 1 fully saturated rings. The zero-order chi connectivity index (χ0) is 14.4. The number of nitrogens with zero attached hydrogens (tertiary/aromatic N) is 4. The van der Waals surface area contributed by atoms with Gasteiger partial charge in [0.2, 0.25) is 5.95 Å². The molecule has 1 aliphatic heterocycles. The van der Waals surface area contributed by atoms with Gasteiger partial charge in [0.25, 0.3) is 0 Å². The second-order valence-electron chi connectivity index (χ2n) is 4.69. The molecule has 0 bridgehead atoms. The fourth-order valence-electron chi connectivity index (χ4n) is 2.24. The lowest BCUT2D eigenvalue weighted by atomic mass is 10.3. The predicted molar refractivity (Wildman–Crippen MR) is 76.8 cm³/mol. The molecule has 0 unspecified atom stereocenters. The smallest absolute Gasteiger partial charge is 0.341 e. The van der Waals surface area contributed by atoms with Gasteiger partial charge in [-0.05, 0) is 6.42 Å². The first-order valence-corrected chi connectivity index (χ1v) is 6.73. The van der Waals surface area contributed by atoms with Gasteiger partial charge in [0.1, 0.15) is 0 Å². The Labute approximate surface area is 119 Å². The second kappa shape index (κ2) is 7.00. The van der Waals surface area contributed by atoms with Gasteiger partial charge in [0, 0.05) is 45.1 Å². The van der Waals surface area contributed by atoms with E-state index in [0.717, 1.165) is 39.1 Å². The summed E-state index contributed by atoms with van der Waals surface area (Å²) in [7, 11) is 1.35. The van der Waals surface area contributed by atoms with Gasteiger partial charge < -0.3 is 9.64 Å². The summed E-state index contributed by atoms with van der Waals surface area (Å²) in [5.74, 6) is 0.252. The van der Waals surface area contributed by atoms with Gasteiger partial charge in [0.05, 0.1) is 12.7 Å². The number of carbonyl (C=O) groups excluding carboxylic acids is 1. The van der Waals surface area contributed by atoms with Crippen molar-refractivity contribution in [1.82, 2.24) is 14.9 Å². The molecule has 0 spiro atoms. The third-order valence-electron chi connectivity index (χ3n) is 3.32. The van der Waals surface area contributed by atoms with Gasteiger partial charge in [-0.15, -0.1) is 6.58 Å². The van der Waals surface area contributed by atoms with Crippen LogP contribution in [0, 0.1) is 0 Å². The first-order chi connectivity index (χ1) is 9.74. The van der Waals surface area contributed by atoms with Crippen molar-refractivity contribution in [2.45, 2.75) is 6.42 Å². The Balaban J connectivity index is 2.00. The molecule has 6 nitrogen and oxygen atoms in total. The van der Waals surface area contributed by atoms with E-state index in [4.69, 9.17) is 0 Å². The number of ether oxygens (including phenoxy) is 1. The number of rotatable bonds is 4. The molecule has 0 N–H and O–H groups in total. The highest BCUT2D eigenvalue weighted by atomic mass is 16.5. The van der Waals surface area contributed by atoms with E-state index < -0.39 is 5.97 Å². The maximum absolute atomic E-state index is 11.3. The molecule has 1 saturated heterocycles. The molecule has 0 saturated carbocycles. The molecular formula is C14H20N4O2. The number of anilines is 1. The van der Waals surface area contributed by atoms with Gasteiger partial charge in [-0.3, -0.25) is 4.90 Å². The van der Waals surface area contributed by atoms with E-state index in [1.807, 2.05) is 6.08 Å². The molecule has 20 heavy (non-hydrogen) atoms. The van der Waals surface area contributed by atoms with Crippen molar-refractivity contribution in [2.75, 3.05) is 44.7 Å². The lowest BCUT2D eigenvalue weighted by molar-refractivity contribution is 0.0600. The Hall–Kier alpha value is -1.95. The molecule has 2 heterocycles.